The first-order chi connectivity index (χ1) is 10.7. The fraction of sp³-hybridized carbons (Fsp3) is 0.188. The van der Waals surface area contributed by atoms with E-state index in [-0.39, 0.29) is 5.91 Å². The van der Waals surface area contributed by atoms with E-state index in [1.807, 2.05) is 42.5 Å². The van der Waals surface area contributed by atoms with Gasteiger partial charge in [0, 0.05) is 11.8 Å². The minimum atomic E-state index is -0.213. The van der Waals surface area contributed by atoms with Crippen LogP contribution < -0.4 is 10.1 Å². The molecule has 0 aliphatic rings. The van der Waals surface area contributed by atoms with Crippen molar-refractivity contribution in [1.82, 2.24) is 14.6 Å². The Morgan fingerprint density at radius 2 is 2.09 bits per heavy atom. The number of nitrogens with one attached hydrogen (secondary N) is 1. The molecule has 0 radical (unpaired) electrons. The summed E-state index contributed by atoms with van der Waals surface area (Å²) in [6.07, 6.45) is 1.79. The molecule has 0 spiro atoms. The van der Waals surface area contributed by atoms with E-state index in [9.17, 15) is 4.79 Å². The highest BCUT2D eigenvalue weighted by Gasteiger charge is 2.11. The number of carbonyl (C=O) groups excluding carboxylic acids is 1. The van der Waals surface area contributed by atoms with Crippen molar-refractivity contribution < 1.29 is 9.53 Å². The fourth-order valence-electron chi connectivity index (χ4n) is 2.20. The van der Waals surface area contributed by atoms with Crippen LogP contribution in [0.25, 0.3) is 5.65 Å². The van der Waals surface area contributed by atoms with Gasteiger partial charge in [-0.15, -0.1) is 10.2 Å². The van der Waals surface area contributed by atoms with Crippen molar-refractivity contribution in [3.05, 3.63) is 54.0 Å². The van der Waals surface area contributed by atoms with Gasteiger partial charge in [-0.05, 0) is 38.1 Å². The van der Waals surface area contributed by atoms with Gasteiger partial charge >= 0.3 is 0 Å². The monoisotopic (exact) mass is 296 g/mol. The van der Waals surface area contributed by atoms with Crippen LogP contribution in [0, 0.1) is 6.92 Å². The molecule has 112 valence electrons. The minimum Gasteiger partial charge on any atom is -0.492 e. The molecule has 0 aliphatic heterocycles. The van der Waals surface area contributed by atoms with E-state index >= 15 is 0 Å². The van der Waals surface area contributed by atoms with E-state index < -0.39 is 0 Å². The highest BCUT2D eigenvalue weighted by atomic mass is 16.5. The average molecular weight is 296 g/mol. The predicted molar refractivity (Wildman–Crippen MR) is 83.3 cm³/mol. The number of carbonyl (C=O) groups is 1. The number of aryl methyl sites for hydroxylation is 1. The van der Waals surface area contributed by atoms with Crippen LogP contribution in [0.15, 0.2) is 42.6 Å². The Morgan fingerprint density at radius 1 is 1.27 bits per heavy atom. The van der Waals surface area contributed by atoms with Crippen molar-refractivity contribution in [2.75, 3.05) is 11.9 Å². The zero-order valence-electron chi connectivity index (χ0n) is 12.4. The van der Waals surface area contributed by atoms with Gasteiger partial charge < -0.3 is 10.1 Å². The zero-order valence-corrected chi connectivity index (χ0v) is 12.4. The van der Waals surface area contributed by atoms with Crippen molar-refractivity contribution in [2.24, 2.45) is 0 Å². The summed E-state index contributed by atoms with van der Waals surface area (Å²) in [5, 5.41) is 10.9. The van der Waals surface area contributed by atoms with Crippen molar-refractivity contribution in [3.8, 4) is 5.75 Å². The number of benzene rings is 1. The van der Waals surface area contributed by atoms with Gasteiger partial charge in [-0.1, -0.05) is 12.1 Å². The number of hydrogen-bond donors (Lipinski definition) is 1. The van der Waals surface area contributed by atoms with E-state index in [2.05, 4.69) is 15.5 Å². The van der Waals surface area contributed by atoms with Gasteiger partial charge in [0.25, 0.3) is 5.91 Å². The molecule has 6 nitrogen and oxygen atoms in total. The standard InChI is InChI=1S/C16H16N4O2/c1-3-22-14-7-5-4-6-13(14)17-16(21)12-8-9-20-11(2)18-19-15(20)10-12/h4-10H,3H2,1-2H3,(H,17,21). The van der Waals surface area contributed by atoms with Crippen LogP contribution in [0.2, 0.25) is 0 Å². The molecule has 0 fully saturated rings. The number of para-hydroxylation sites is 2. The zero-order chi connectivity index (χ0) is 15.5. The predicted octanol–water partition coefficient (Wildman–Crippen LogP) is 2.69. The molecule has 0 bridgehead atoms. The molecule has 2 aromatic heterocycles. The third-order valence-electron chi connectivity index (χ3n) is 3.28. The van der Waals surface area contributed by atoms with E-state index in [4.69, 9.17) is 4.74 Å². The number of hydrogen-bond acceptors (Lipinski definition) is 4. The number of fused-ring (bicyclic) bond motifs is 1. The molecule has 0 unspecified atom stereocenters. The minimum absolute atomic E-state index is 0.213. The fourth-order valence-corrected chi connectivity index (χ4v) is 2.20. The lowest BCUT2D eigenvalue weighted by atomic mass is 10.2. The Bertz CT molecular complexity index is 826. The first kappa shape index (κ1) is 14.1. The lowest BCUT2D eigenvalue weighted by Gasteiger charge is -2.11. The van der Waals surface area contributed by atoms with Crippen LogP contribution in [-0.2, 0) is 0 Å². The Kier molecular flexibility index (Phi) is 3.74. The molecule has 1 amide bonds. The summed E-state index contributed by atoms with van der Waals surface area (Å²) in [4.78, 5) is 12.4. The Morgan fingerprint density at radius 3 is 2.91 bits per heavy atom. The summed E-state index contributed by atoms with van der Waals surface area (Å²) < 4.78 is 7.33. The summed E-state index contributed by atoms with van der Waals surface area (Å²) in [5.41, 5.74) is 1.81. The van der Waals surface area contributed by atoms with Crippen molar-refractivity contribution in [2.45, 2.75) is 13.8 Å². The highest BCUT2D eigenvalue weighted by molar-refractivity contribution is 6.05. The highest BCUT2D eigenvalue weighted by Crippen LogP contribution is 2.24. The molecule has 3 rings (SSSR count). The quantitative estimate of drug-likeness (QED) is 0.803. The van der Waals surface area contributed by atoms with Gasteiger partial charge in [-0.2, -0.15) is 0 Å². The van der Waals surface area contributed by atoms with Gasteiger partial charge in [0.15, 0.2) is 5.65 Å². The van der Waals surface area contributed by atoms with E-state index in [0.29, 0.717) is 29.3 Å². The lowest BCUT2D eigenvalue weighted by molar-refractivity contribution is 0.102. The van der Waals surface area contributed by atoms with Gasteiger partial charge in [-0.25, -0.2) is 0 Å². The number of aromatic nitrogens is 3. The molecule has 2 heterocycles. The van der Waals surface area contributed by atoms with Crippen LogP contribution in [-0.4, -0.2) is 27.1 Å². The second-order valence-corrected chi connectivity index (χ2v) is 4.77. The SMILES string of the molecule is CCOc1ccccc1NC(=O)c1ccn2c(C)nnc2c1. The summed E-state index contributed by atoms with van der Waals surface area (Å²) in [7, 11) is 0. The number of anilines is 1. The molecule has 0 atom stereocenters. The maximum Gasteiger partial charge on any atom is 0.255 e. The third kappa shape index (κ3) is 2.63. The Labute approximate surface area is 127 Å². The van der Waals surface area contributed by atoms with Crippen molar-refractivity contribution >= 4 is 17.2 Å². The summed E-state index contributed by atoms with van der Waals surface area (Å²) in [5.74, 6) is 1.22. The lowest BCUT2D eigenvalue weighted by Crippen LogP contribution is -2.13. The smallest absolute Gasteiger partial charge is 0.255 e. The summed E-state index contributed by atoms with van der Waals surface area (Å²) >= 11 is 0. The largest absolute Gasteiger partial charge is 0.492 e. The molecule has 1 N–H and O–H groups in total. The summed E-state index contributed by atoms with van der Waals surface area (Å²) in [6, 6.07) is 10.8. The molecular weight excluding hydrogens is 280 g/mol. The van der Waals surface area contributed by atoms with Crippen LogP contribution in [0.5, 0.6) is 5.75 Å². The Hall–Kier alpha value is -2.89. The molecule has 0 aliphatic carbocycles. The number of rotatable bonds is 4. The number of pyridine rings is 1. The maximum atomic E-state index is 12.4. The number of ether oxygens (including phenoxy) is 1. The van der Waals surface area contributed by atoms with E-state index in [1.54, 1.807) is 18.3 Å². The number of nitrogens with zero attached hydrogens (tertiary/aromatic N) is 3. The molecular formula is C16H16N4O2. The van der Waals surface area contributed by atoms with E-state index in [0.717, 1.165) is 5.82 Å². The first-order valence-electron chi connectivity index (χ1n) is 7.03. The van der Waals surface area contributed by atoms with Crippen LogP contribution in [0.3, 0.4) is 0 Å². The van der Waals surface area contributed by atoms with Crippen molar-refractivity contribution in [3.63, 3.8) is 0 Å². The second-order valence-electron chi connectivity index (χ2n) is 4.77. The van der Waals surface area contributed by atoms with Crippen molar-refractivity contribution in [1.29, 1.82) is 0 Å². The Balaban J connectivity index is 1.87. The molecule has 1 aromatic carbocycles. The molecule has 0 saturated heterocycles. The molecule has 3 aromatic rings. The van der Waals surface area contributed by atoms with Gasteiger partial charge in [-0.3, -0.25) is 9.20 Å². The molecule has 6 heteroatoms. The summed E-state index contributed by atoms with van der Waals surface area (Å²) in [6.45, 7) is 4.30. The van der Waals surface area contributed by atoms with Gasteiger partial charge in [0.1, 0.15) is 11.6 Å². The van der Waals surface area contributed by atoms with Crippen LogP contribution in [0.1, 0.15) is 23.1 Å². The van der Waals surface area contributed by atoms with E-state index in [1.165, 1.54) is 0 Å². The van der Waals surface area contributed by atoms with Gasteiger partial charge in [0.2, 0.25) is 0 Å². The van der Waals surface area contributed by atoms with Crippen LogP contribution >= 0.6 is 0 Å². The maximum absolute atomic E-state index is 12.4. The number of amides is 1. The molecule has 22 heavy (non-hydrogen) atoms. The molecule has 0 saturated carbocycles. The average Bonchev–Trinajstić information content (AvgIpc) is 2.90. The van der Waals surface area contributed by atoms with Gasteiger partial charge in [0.05, 0.1) is 12.3 Å². The second kappa shape index (κ2) is 5.85. The normalized spacial score (nSPS) is 10.6. The third-order valence-corrected chi connectivity index (χ3v) is 3.28. The van der Waals surface area contributed by atoms with Crippen LogP contribution in [0.4, 0.5) is 5.69 Å². The first-order valence-corrected chi connectivity index (χ1v) is 7.03. The topological polar surface area (TPSA) is 68.5 Å².